The van der Waals surface area contributed by atoms with Gasteiger partial charge in [0.15, 0.2) is 0 Å². The smallest absolute Gasteiger partial charge is 0.293 e. The molecule has 8 heteroatoms. The first-order valence-corrected chi connectivity index (χ1v) is 9.05. The number of amidine groups is 1. The highest BCUT2D eigenvalue weighted by Crippen LogP contribution is 2.23. The molecular weight excluding hydrogens is 356 g/mol. The molecule has 8 nitrogen and oxygen atoms in total. The number of anilines is 3. The molecule has 1 aliphatic heterocycles. The van der Waals surface area contributed by atoms with E-state index in [-0.39, 0.29) is 18.1 Å². The Kier molecular flexibility index (Phi) is 6.23. The zero-order chi connectivity index (χ0) is 19.9. The highest BCUT2D eigenvalue weighted by Gasteiger charge is 2.15. The number of nitrogen functional groups attached to an aromatic ring is 1. The van der Waals surface area contributed by atoms with E-state index in [1.54, 1.807) is 36.4 Å². The molecule has 1 heterocycles. The first kappa shape index (κ1) is 19.4. The zero-order valence-corrected chi connectivity index (χ0v) is 15.4. The van der Waals surface area contributed by atoms with Crippen LogP contribution in [0.25, 0.3) is 0 Å². The molecular formula is C20H24N6O2. The summed E-state index contributed by atoms with van der Waals surface area (Å²) in [6.45, 7) is 0.741. The lowest BCUT2D eigenvalue weighted by molar-refractivity contribution is 0.0343. The quantitative estimate of drug-likeness (QED) is 0.267. The molecule has 7 N–H and O–H groups in total. The maximum atomic E-state index is 7.96. The Morgan fingerprint density at radius 1 is 1.18 bits per heavy atom. The van der Waals surface area contributed by atoms with Crippen molar-refractivity contribution in [1.82, 2.24) is 0 Å². The largest absolute Gasteiger partial charge is 0.407 e. The first-order chi connectivity index (χ1) is 13.5. The number of hydrogen-bond acceptors (Lipinski definition) is 7. The van der Waals surface area contributed by atoms with Gasteiger partial charge in [-0.15, -0.1) is 0 Å². The van der Waals surface area contributed by atoms with E-state index in [2.05, 4.69) is 10.6 Å². The summed E-state index contributed by atoms with van der Waals surface area (Å²) >= 11 is 0. The summed E-state index contributed by atoms with van der Waals surface area (Å²) in [6, 6.07) is 11.8. The summed E-state index contributed by atoms with van der Waals surface area (Å²) in [5, 5.41) is 29.7. The van der Waals surface area contributed by atoms with Gasteiger partial charge in [0.2, 0.25) is 5.90 Å². The monoisotopic (exact) mass is 380 g/mol. The third-order valence-corrected chi connectivity index (χ3v) is 4.31. The van der Waals surface area contributed by atoms with E-state index < -0.39 is 0 Å². The van der Waals surface area contributed by atoms with Gasteiger partial charge in [-0.2, -0.15) is 0 Å². The Balaban J connectivity index is 1.62. The molecule has 1 fully saturated rings. The molecule has 2 aromatic carbocycles. The van der Waals surface area contributed by atoms with Crippen LogP contribution in [0.2, 0.25) is 0 Å². The molecule has 146 valence electrons. The number of nitrogens with two attached hydrogens (primary N) is 1. The van der Waals surface area contributed by atoms with Gasteiger partial charge in [0.25, 0.3) is 6.02 Å². The molecule has 1 aliphatic rings. The summed E-state index contributed by atoms with van der Waals surface area (Å²) in [5.41, 5.74) is 8.76. The van der Waals surface area contributed by atoms with Gasteiger partial charge in [-0.1, -0.05) is 6.07 Å². The van der Waals surface area contributed by atoms with Gasteiger partial charge in [-0.3, -0.25) is 10.8 Å². The van der Waals surface area contributed by atoms with Gasteiger partial charge in [-0.25, -0.2) is 0 Å². The fourth-order valence-corrected chi connectivity index (χ4v) is 2.92. The molecule has 0 saturated carbocycles. The molecule has 0 bridgehead atoms. The molecule has 1 unspecified atom stereocenters. The summed E-state index contributed by atoms with van der Waals surface area (Å²) in [5.74, 6) is -0.176. The van der Waals surface area contributed by atoms with E-state index in [1.807, 2.05) is 6.07 Å². The lowest BCUT2D eigenvalue weighted by atomic mass is 10.1. The van der Waals surface area contributed by atoms with E-state index in [0.29, 0.717) is 22.5 Å². The van der Waals surface area contributed by atoms with Crippen LogP contribution in [0.15, 0.2) is 42.5 Å². The standard InChI is InChI=1S/C20H24N6O2/c21-12-14-11-16(7-8-17(14)26-18-6-1-2-9-27-18)25-20(24)28-19(23)13-4-3-5-15(22)10-13/h3-5,7-8,10-12,18,21,23,26H,1-2,6,9,22H2,(H2,24,25). The first-order valence-electron chi connectivity index (χ1n) is 9.05. The lowest BCUT2D eigenvalue weighted by Crippen LogP contribution is -2.27. The fourth-order valence-electron chi connectivity index (χ4n) is 2.92. The lowest BCUT2D eigenvalue weighted by Gasteiger charge is -2.25. The normalized spacial score (nSPS) is 16.1. The predicted molar refractivity (Wildman–Crippen MR) is 112 cm³/mol. The second kappa shape index (κ2) is 9.01. The van der Waals surface area contributed by atoms with Crippen molar-refractivity contribution in [2.45, 2.75) is 25.5 Å². The highest BCUT2D eigenvalue weighted by molar-refractivity contribution is 6.03. The number of nitrogens with one attached hydrogen (secondary N) is 5. The van der Waals surface area contributed by atoms with Crippen LogP contribution in [0.5, 0.6) is 0 Å². The van der Waals surface area contributed by atoms with Crippen molar-refractivity contribution in [1.29, 1.82) is 16.2 Å². The molecule has 0 spiro atoms. The highest BCUT2D eigenvalue weighted by atomic mass is 16.5. The summed E-state index contributed by atoms with van der Waals surface area (Å²) in [4.78, 5) is 0. The van der Waals surface area contributed by atoms with Gasteiger partial charge in [0, 0.05) is 41.0 Å². The van der Waals surface area contributed by atoms with Crippen LogP contribution >= 0.6 is 0 Å². The summed E-state index contributed by atoms with van der Waals surface area (Å²) in [7, 11) is 0. The Bertz CT molecular complexity index is 877. The minimum absolute atomic E-state index is 0.0494. The van der Waals surface area contributed by atoms with Crippen LogP contribution in [0.4, 0.5) is 17.1 Å². The molecule has 0 amide bonds. The Morgan fingerprint density at radius 2 is 2.04 bits per heavy atom. The van der Waals surface area contributed by atoms with E-state index >= 15 is 0 Å². The van der Waals surface area contributed by atoms with E-state index in [1.165, 1.54) is 6.21 Å². The molecule has 3 rings (SSSR count). The Hall–Kier alpha value is -3.39. The van der Waals surface area contributed by atoms with E-state index in [9.17, 15) is 0 Å². The number of rotatable bonds is 5. The van der Waals surface area contributed by atoms with Crippen LogP contribution in [0.3, 0.4) is 0 Å². The molecule has 2 aromatic rings. The summed E-state index contributed by atoms with van der Waals surface area (Å²) in [6.07, 6.45) is 4.32. The SMILES string of the molecule is N=Cc1cc(NC(=N)OC(=N)c2cccc(N)c2)ccc1NC1CCCCO1. The van der Waals surface area contributed by atoms with Gasteiger partial charge >= 0.3 is 0 Å². The topological polar surface area (TPSA) is 140 Å². The molecule has 0 aliphatic carbocycles. The third kappa shape index (κ3) is 5.08. The number of hydrogen-bond donors (Lipinski definition) is 6. The number of benzene rings is 2. The van der Waals surface area contributed by atoms with Crippen molar-refractivity contribution in [3.8, 4) is 0 Å². The maximum Gasteiger partial charge on any atom is 0.293 e. The Labute approximate surface area is 163 Å². The summed E-state index contributed by atoms with van der Waals surface area (Å²) < 4.78 is 10.9. The van der Waals surface area contributed by atoms with Crippen LogP contribution in [0, 0.1) is 16.2 Å². The van der Waals surface area contributed by atoms with Crippen molar-refractivity contribution in [2.75, 3.05) is 23.0 Å². The predicted octanol–water partition coefficient (Wildman–Crippen LogP) is 3.59. The Morgan fingerprint density at radius 3 is 2.75 bits per heavy atom. The van der Waals surface area contributed by atoms with Crippen molar-refractivity contribution in [2.24, 2.45) is 0 Å². The zero-order valence-electron chi connectivity index (χ0n) is 15.4. The van der Waals surface area contributed by atoms with Crippen LogP contribution in [-0.2, 0) is 9.47 Å². The fraction of sp³-hybridized carbons (Fsp3) is 0.250. The molecule has 0 aromatic heterocycles. The van der Waals surface area contributed by atoms with Crippen molar-refractivity contribution in [3.05, 3.63) is 53.6 Å². The van der Waals surface area contributed by atoms with E-state index in [4.69, 9.17) is 31.4 Å². The molecule has 0 radical (unpaired) electrons. The third-order valence-electron chi connectivity index (χ3n) is 4.31. The number of ether oxygens (including phenoxy) is 2. The minimum Gasteiger partial charge on any atom is -0.407 e. The molecule has 1 atom stereocenters. The van der Waals surface area contributed by atoms with Crippen LogP contribution < -0.4 is 16.4 Å². The van der Waals surface area contributed by atoms with Crippen molar-refractivity contribution in [3.63, 3.8) is 0 Å². The van der Waals surface area contributed by atoms with E-state index in [0.717, 1.165) is 31.6 Å². The van der Waals surface area contributed by atoms with Gasteiger partial charge in [-0.05, 0) is 55.7 Å². The minimum atomic E-state index is -0.292. The van der Waals surface area contributed by atoms with Crippen LogP contribution in [0.1, 0.15) is 30.4 Å². The molecule has 28 heavy (non-hydrogen) atoms. The average molecular weight is 380 g/mol. The molecule has 1 saturated heterocycles. The second-order valence-corrected chi connectivity index (χ2v) is 6.46. The van der Waals surface area contributed by atoms with Gasteiger partial charge in [0.1, 0.15) is 6.23 Å². The second-order valence-electron chi connectivity index (χ2n) is 6.46. The van der Waals surface area contributed by atoms with Gasteiger partial charge in [0.05, 0.1) is 0 Å². The van der Waals surface area contributed by atoms with Crippen molar-refractivity contribution < 1.29 is 9.47 Å². The van der Waals surface area contributed by atoms with Crippen LogP contribution in [-0.4, -0.2) is 31.0 Å². The van der Waals surface area contributed by atoms with Crippen molar-refractivity contribution >= 4 is 35.2 Å². The average Bonchev–Trinajstić information content (AvgIpc) is 2.69. The van der Waals surface area contributed by atoms with Gasteiger partial charge < -0.3 is 31.3 Å². The maximum absolute atomic E-state index is 7.96.